The minimum atomic E-state index is -3.25. The molecule has 0 unspecified atom stereocenters. The Morgan fingerprint density at radius 2 is 1.65 bits per heavy atom. The van der Waals surface area contributed by atoms with Crippen molar-refractivity contribution in [2.24, 2.45) is 0 Å². The molecule has 0 N–H and O–H groups in total. The van der Waals surface area contributed by atoms with Gasteiger partial charge in [-0.1, -0.05) is 24.3 Å². The monoisotopic (exact) mass is 477 g/mol. The Bertz CT molecular complexity index is 1420. The summed E-state index contributed by atoms with van der Waals surface area (Å²) in [6.45, 7) is 1.57. The van der Waals surface area contributed by atoms with Gasteiger partial charge in [-0.3, -0.25) is 0 Å². The molecule has 0 saturated carbocycles. The lowest BCUT2D eigenvalue weighted by Crippen LogP contribution is -2.38. The lowest BCUT2D eigenvalue weighted by atomic mass is 10.0. The second kappa shape index (κ2) is 9.02. The minimum absolute atomic E-state index is 0.0683. The van der Waals surface area contributed by atoms with Crippen molar-refractivity contribution < 1.29 is 17.5 Å². The molecular weight excluding hydrogens is 453 g/mol. The predicted molar refractivity (Wildman–Crippen MR) is 130 cm³/mol. The molecule has 0 radical (unpaired) electrons. The summed E-state index contributed by atoms with van der Waals surface area (Å²) in [5, 5.41) is 0.949. The Morgan fingerprint density at radius 1 is 0.941 bits per heavy atom. The third kappa shape index (κ3) is 4.59. The number of anilines is 1. The third-order valence-corrected chi connectivity index (χ3v) is 7.22. The second-order valence-corrected chi connectivity index (χ2v) is 10.5. The Hall–Kier alpha value is -3.52. The van der Waals surface area contributed by atoms with Crippen LogP contribution in [0.4, 0.5) is 10.2 Å². The summed E-state index contributed by atoms with van der Waals surface area (Å²) in [5.74, 6) is 1.28. The summed E-state index contributed by atoms with van der Waals surface area (Å²) in [4.78, 5) is 11.7. The fraction of sp³-hybridized carbons (Fsp3) is 0.231. The van der Waals surface area contributed by atoms with Crippen LogP contribution in [0.15, 0.2) is 78.0 Å². The Labute approximate surface area is 198 Å². The Balaban J connectivity index is 1.37. The van der Waals surface area contributed by atoms with Gasteiger partial charge in [0.2, 0.25) is 0 Å². The van der Waals surface area contributed by atoms with Crippen molar-refractivity contribution in [3.05, 3.63) is 78.9 Å². The molecule has 8 heteroatoms. The van der Waals surface area contributed by atoms with Gasteiger partial charge in [-0.15, -0.1) is 0 Å². The molecule has 0 aliphatic carbocycles. The average Bonchev–Trinajstić information content (AvgIpc) is 2.85. The van der Waals surface area contributed by atoms with Crippen LogP contribution < -0.4 is 9.64 Å². The van der Waals surface area contributed by atoms with Crippen molar-refractivity contribution >= 4 is 26.6 Å². The Morgan fingerprint density at radius 3 is 2.32 bits per heavy atom. The van der Waals surface area contributed by atoms with E-state index >= 15 is 0 Å². The van der Waals surface area contributed by atoms with Crippen molar-refractivity contribution in [3.8, 4) is 16.9 Å². The van der Waals surface area contributed by atoms with Gasteiger partial charge >= 0.3 is 0 Å². The molecular formula is C26H24FN3O3S. The van der Waals surface area contributed by atoms with Crippen LogP contribution in [0, 0.1) is 5.82 Å². The molecule has 1 aliphatic heterocycles. The summed E-state index contributed by atoms with van der Waals surface area (Å²) < 4.78 is 42.8. The van der Waals surface area contributed by atoms with E-state index in [9.17, 15) is 12.8 Å². The highest BCUT2D eigenvalue weighted by Crippen LogP contribution is 2.33. The fourth-order valence-electron chi connectivity index (χ4n) is 4.33. The highest BCUT2D eigenvalue weighted by atomic mass is 32.2. The van der Waals surface area contributed by atoms with E-state index in [1.807, 2.05) is 30.3 Å². The SMILES string of the molecule is CS(=O)(=O)c1ccc(-c2cccc3c(N4CCC(Oc5ccc(F)cc5)CC4)ncnc23)cc1. The van der Waals surface area contributed by atoms with Gasteiger partial charge in [0.25, 0.3) is 0 Å². The normalized spacial score (nSPS) is 14.9. The van der Waals surface area contributed by atoms with Crippen LogP contribution >= 0.6 is 0 Å². The van der Waals surface area contributed by atoms with Crippen LogP contribution in [0.3, 0.4) is 0 Å². The number of ether oxygens (including phenoxy) is 1. The maximum absolute atomic E-state index is 13.1. The first kappa shape index (κ1) is 22.3. The highest BCUT2D eigenvalue weighted by molar-refractivity contribution is 7.90. The molecule has 2 heterocycles. The maximum atomic E-state index is 13.1. The summed E-state index contributed by atoms with van der Waals surface area (Å²) in [6, 6.07) is 19.0. The molecule has 0 atom stereocenters. The molecule has 1 saturated heterocycles. The van der Waals surface area contributed by atoms with E-state index in [-0.39, 0.29) is 16.8 Å². The molecule has 1 fully saturated rings. The lowest BCUT2D eigenvalue weighted by Gasteiger charge is -2.33. The molecule has 5 rings (SSSR count). The van der Waals surface area contributed by atoms with E-state index in [1.54, 1.807) is 30.6 Å². The van der Waals surface area contributed by atoms with Gasteiger partial charge in [-0.25, -0.2) is 22.8 Å². The van der Waals surface area contributed by atoms with Crippen molar-refractivity contribution in [2.75, 3.05) is 24.2 Å². The number of aromatic nitrogens is 2. The van der Waals surface area contributed by atoms with Crippen molar-refractivity contribution in [1.29, 1.82) is 0 Å². The molecule has 1 aliphatic rings. The van der Waals surface area contributed by atoms with E-state index in [1.165, 1.54) is 18.4 Å². The summed E-state index contributed by atoms with van der Waals surface area (Å²) in [5.41, 5.74) is 2.65. The first-order valence-electron chi connectivity index (χ1n) is 11.1. The van der Waals surface area contributed by atoms with Gasteiger partial charge in [-0.05, 0) is 48.0 Å². The van der Waals surface area contributed by atoms with Gasteiger partial charge in [0, 0.05) is 43.1 Å². The number of para-hydroxylation sites is 1. The molecule has 4 aromatic rings. The van der Waals surface area contributed by atoms with E-state index in [2.05, 4.69) is 14.9 Å². The van der Waals surface area contributed by atoms with E-state index in [0.717, 1.165) is 53.8 Å². The molecule has 34 heavy (non-hydrogen) atoms. The van der Waals surface area contributed by atoms with Crippen molar-refractivity contribution in [2.45, 2.75) is 23.8 Å². The first-order chi connectivity index (χ1) is 16.4. The van der Waals surface area contributed by atoms with Crippen LogP contribution in [-0.2, 0) is 9.84 Å². The van der Waals surface area contributed by atoms with Crippen LogP contribution in [0.2, 0.25) is 0 Å². The molecule has 0 bridgehead atoms. The predicted octanol–water partition coefficient (Wildman–Crippen LogP) is 4.89. The molecule has 0 spiro atoms. The number of piperidine rings is 1. The smallest absolute Gasteiger partial charge is 0.175 e. The van der Waals surface area contributed by atoms with Gasteiger partial charge in [0.1, 0.15) is 29.8 Å². The zero-order chi connectivity index (χ0) is 23.7. The number of nitrogens with zero attached hydrogens (tertiary/aromatic N) is 3. The zero-order valence-corrected chi connectivity index (χ0v) is 19.5. The quantitative estimate of drug-likeness (QED) is 0.408. The number of hydrogen-bond donors (Lipinski definition) is 0. The van der Waals surface area contributed by atoms with E-state index in [0.29, 0.717) is 5.75 Å². The third-order valence-electron chi connectivity index (χ3n) is 6.10. The number of rotatable bonds is 5. The van der Waals surface area contributed by atoms with Gasteiger partial charge < -0.3 is 9.64 Å². The number of halogens is 1. The van der Waals surface area contributed by atoms with Crippen LogP contribution in [0.5, 0.6) is 5.75 Å². The van der Waals surface area contributed by atoms with Crippen molar-refractivity contribution in [3.63, 3.8) is 0 Å². The minimum Gasteiger partial charge on any atom is -0.490 e. The number of benzene rings is 3. The van der Waals surface area contributed by atoms with Gasteiger partial charge in [0.05, 0.1) is 10.4 Å². The molecule has 3 aromatic carbocycles. The summed E-state index contributed by atoms with van der Waals surface area (Å²) in [7, 11) is -3.25. The molecule has 6 nitrogen and oxygen atoms in total. The molecule has 0 amide bonds. The number of fused-ring (bicyclic) bond motifs is 1. The van der Waals surface area contributed by atoms with Crippen LogP contribution in [0.25, 0.3) is 22.0 Å². The van der Waals surface area contributed by atoms with E-state index < -0.39 is 9.84 Å². The molecule has 1 aromatic heterocycles. The van der Waals surface area contributed by atoms with Crippen LogP contribution in [0.1, 0.15) is 12.8 Å². The zero-order valence-electron chi connectivity index (χ0n) is 18.7. The Kier molecular flexibility index (Phi) is 5.91. The number of sulfone groups is 1. The number of hydrogen-bond acceptors (Lipinski definition) is 6. The summed E-state index contributed by atoms with van der Waals surface area (Å²) in [6.07, 6.45) is 4.50. The largest absolute Gasteiger partial charge is 0.490 e. The maximum Gasteiger partial charge on any atom is 0.175 e. The van der Waals surface area contributed by atoms with Gasteiger partial charge in [-0.2, -0.15) is 0 Å². The topological polar surface area (TPSA) is 72.4 Å². The first-order valence-corrected chi connectivity index (χ1v) is 13.0. The fourth-order valence-corrected chi connectivity index (χ4v) is 4.96. The highest BCUT2D eigenvalue weighted by Gasteiger charge is 2.23. The van der Waals surface area contributed by atoms with Crippen LogP contribution in [-0.4, -0.2) is 43.8 Å². The average molecular weight is 478 g/mol. The van der Waals surface area contributed by atoms with E-state index in [4.69, 9.17) is 4.74 Å². The summed E-state index contributed by atoms with van der Waals surface area (Å²) >= 11 is 0. The second-order valence-electron chi connectivity index (χ2n) is 8.45. The standard InChI is InChI=1S/C26H24FN3O3S/c1-34(31,32)22-11-5-18(6-12-22)23-3-2-4-24-25(23)28-17-29-26(24)30-15-13-21(14-16-30)33-20-9-7-19(27)8-10-20/h2-12,17,21H,13-16H2,1H3. The molecule has 174 valence electrons. The van der Waals surface area contributed by atoms with Crippen molar-refractivity contribution in [1.82, 2.24) is 9.97 Å². The lowest BCUT2D eigenvalue weighted by molar-refractivity contribution is 0.170. The van der Waals surface area contributed by atoms with Gasteiger partial charge in [0.15, 0.2) is 9.84 Å².